The van der Waals surface area contributed by atoms with Gasteiger partial charge < -0.3 is 0 Å². The summed E-state index contributed by atoms with van der Waals surface area (Å²) in [6.45, 7) is 0. The highest BCUT2D eigenvalue weighted by Gasteiger charge is 2.29. The Balaban J connectivity index is 1.76. The average molecular weight is 264 g/mol. The van der Waals surface area contributed by atoms with Crippen molar-refractivity contribution in [2.24, 2.45) is 0 Å². The predicted octanol–water partition coefficient (Wildman–Crippen LogP) is 4.00. The van der Waals surface area contributed by atoms with E-state index < -0.39 is 0 Å². The number of aromatic nitrogens is 1. The predicted molar refractivity (Wildman–Crippen MR) is 73.1 cm³/mol. The van der Waals surface area contributed by atoms with Crippen molar-refractivity contribution < 1.29 is 0 Å². The second-order valence-corrected chi connectivity index (χ2v) is 5.69. The van der Waals surface area contributed by atoms with E-state index in [4.69, 9.17) is 16.6 Å². The molecule has 1 aromatic heterocycles. The summed E-state index contributed by atoms with van der Waals surface area (Å²) in [5.74, 6) is 1.26. The Morgan fingerprint density at radius 2 is 2.24 bits per heavy atom. The van der Waals surface area contributed by atoms with Crippen LogP contribution in [0.5, 0.6) is 0 Å². The van der Waals surface area contributed by atoms with Crippen LogP contribution in [0.4, 0.5) is 0 Å². The number of fused-ring (bicyclic) bond motifs is 1. The van der Waals surface area contributed by atoms with Gasteiger partial charge in [-0.1, -0.05) is 24.3 Å². The van der Waals surface area contributed by atoms with E-state index in [2.05, 4.69) is 29.6 Å². The molecular formula is C14H14ClNS. The van der Waals surface area contributed by atoms with E-state index in [1.54, 1.807) is 11.3 Å². The monoisotopic (exact) mass is 263 g/mol. The molecule has 0 spiro atoms. The molecule has 1 atom stereocenters. The number of halogens is 1. The number of thiazole rings is 1. The van der Waals surface area contributed by atoms with Gasteiger partial charge in [-0.2, -0.15) is 0 Å². The molecule has 3 heteroatoms. The summed E-state index contributed by atoms with van der Waals surface area (Å²) in [6.07, 6.45) is 3.18. The number of aryl methyl sites for hydroxylation is 1. The highest BCUT2D eigenvalue weighted by Crippen LogP contribution is 2.40. The van der Waals surface area contributed by atoms with E-state index in [-0.39, 0.29) is 0 Å². The summed E-state index contributed by atoms with van der Waals surface area (Å²) in [4.78, 5) is 4.73. The largest absolute Gasteiger partial charge is 0.246 e. The fourth-order valence-electron chi connectivity index (χ4n) is 2.32. The van der Waals surface area contributed by atoms with Crippen molar-refractivity contribution in [2.45, 2.75) is 25.2 Å². The van der Waals surface area contributed by atoms with Crippen LogP contribution >= 0.6 is 22.9 Å². The quantitative estimate of drug-likeness (QED) is 0.760. The minimum atomic E-state index is 0.543. The van der Waals surface area contributed by atoms with Gasteiger partial charge in [-0.3, -0.25) is 0 Å². The minimum Gasteiger partial charge on any atom is -0.246 e. The highest BCUT2D eigenvalue weighted by atomic mass is 35.5. The maximum Gasteiger partial charge on any atom is 0.101 e. The molecule has 0 amide bonds. The lowest BCUT2D eigenvalue weighted by atomic mass is 9.78. The van der Waals surface area contributed by atoms with Crippen LogP contribution in [0, 0.1) is 0 Å². The molecule has 0 N–H and O–H groups in total. The van der Waals surface area contributed by atoms with Gasteiger partial charge in [0.05, 0.1) is 5.69 Å². The first-order valence-corrected chi connectivity index (χ1v) is 7.38. The Hall–Kier alpha value is -0.860. The summed E-state index contributed by atoms with van der Waals surface area (Å²) in [6, 6.07) is 8.67. The molecule has 1 aliphatic rings. The first-order valence-electron chi connectivity index (χ1n) is 5.96. The topological polar surface area (TPSA) is 12.9 Å². The molecule has 0 fully saturated rings. The van der Waals surface area contributed by atoms with Gasteiger partial charge in [0.15, 0.2) is 0 Å². The summed E-state index contributed by atoms with van der Waals surface area (Å²) >= 11 is 7.50. The van der Waals surface area contributed by atoms with E-state index >= 15 is 0 Å². The number of nitrogens with zero attached hydrogens (tertiary/aromatic N) is 1. The van der Waals surface area contributed by atoms with Crippen LogP contribution in [-0.4, -0.2) is 10.9 Å². The van der Waals surface area contributed by atoms with Gasteiger partial charge in [0, 0.05) is 17.2 Å². The minimum absolute atomic E-state index is 0.543. The fourth-order valence-corrected chi connectivity index (χ4v) is 3.43. The fraction of sp³-hybridized carbons (Fsp3) is 0.357. The zero-order valence-electron chi connectivity index (χ0n) is 9.53. The first-order chi connectivity index (χ1) is 8.38. The lowest BCUT2D eigenvalue weighted by Gasteiger charge is -2.28. The van der Waals surface area contributed by atoms with E-state index in [9.17, 15) is 0 Å². The standard InChI is InChI=1S/C14H14ClNS/c15-7-3-5-11-9-17-14(16-11)13-8-10-4-1-2-6-12(10)13/h1-2,4,6,9,13H,3,5,7-8H2. The normalized spacial score (nSPS) is 17.6. The molecular weight excluding hydrogens is 250 g/mol. The molecule has 0 radical (unpaired) electrons. The Bertz CT molecular complexity index is 520. The van der Waals surface area contributed by atoms with Crippen molar-refractivity contribution in [2.75, 3.05) is 5.88 Å². The van der Waals surface area contributed by atoms with Crippen LogP contribution in [0.2, 0.25) is 0 Å². The number of hydrogen-bond acceptors (Lipinski definition) is 2. The SMILES string of the molecule is ClCCCc1csc(C2Cc3ccccc32)n1. The Morgan fingerprint density at radius 3 is 3.06 bits per heavy atom. The summed E-state index contributed by atoms with van der Waals surface area (Å²) < 4.78 is 0. The second kappa shape index (κ2) is 4.79. The third-order valence-electron chi connectivity index (χ3n) is 3.29. The maximum absolute atomic E-state index is 5.70. The maximum atomic E-state index is 5.70. The van der Waals surface area contributed by atoms with Gasteiger partial charge in [0.2, 0.25) is 0 Å². The van der Waals surface area contributed by atoms with Gasteiger partial charge in [-0.05, 0) is 30.4 Å². The van der Waals surface area contributed by atoms with E-state index in [1.165, 1.54) is 21.8 Å². The molecule has 0 saturated carbocycles. The average Bonchev–Trinajstić information content (AvgIpc) is 2.76. The number of alkyl halides is 1. The molecule has 1 heterocycles. The van der Waals surface area contributed by atoms with Gasteiger partial charge in [0.25, 0.3) is 0 Å². The zero-order chi connectivity index (χ0) is 11.7. The second-order valence-electron chi connectivity index (χ2n) is 4.43. The van der Waals surface area contributed by atoms with Gasteiger partial charge in [0.1, 0.15) is 5.01 Å². The van der Waals surface area contributed by atoms with Crippen molar-refractivity contribution >= 4 is 22.9 Å². The van der Waals surface area contributed by atoms with Crippen LogP contribution in [-0.2, 0) is 12.8 Å². The first kappa shape index (κ1) is 11.2. The Kier molecular flexibility index (Phi) is 3.17. The molecule has 2 aromatic rings. The van der Waals surface area contributed by atoms with Crippen LogP contribution in [0.1, 0.15) is 34.2 Å². The lowest BCUT2D eigenvalue weighted by Crippen LogP contribution is -2.17. The molecule has 17 heavy (non-hydrogen) atoms. The van der Waals surface area contributed by atoms with E-state index in [1.807, 2.05) is 0 Å². The third kappa shape index (κ3) is 2.12. The summed E-state index contributed by atoms with van der Waals surface area (Å²) in [7, 11) is 0. The molecule has 3 rings (SSSR count). The molecule has 0 aliphatic heterocycles. The van der Waals surface area contributed by atoms with Crippen molar-refractivity contribution in [3.05, 3.63) is 51.5 Å². The van der Waals surface area contributed by atoms with Gasteiger partial charge in [-0.15, -0.1) is 22.9 Å². The third-order valence-corrected chi connectivity index (χ3v) is 4.56. The van der Waals surface area contributed by atoms with Crippen molar-refractivity contribution in [3.63, 3.8) is 0 Å². The van der Waals surface area contributed by atoms with Crippen LogP contribution in [0.15, 0.2) is 29.6 Å². The highest BCUT2D eigenvalue weighted by molar-refractivity contribution is 7.09. The summed E-state index contributed by atoms with van der Waals surface area (Å²) in [5.41, 5.74) is 4.15. The van der Waals surface area contributed by atoms with E-state index in [0.717, 1.165) is 25.1 Å². The number of benzene rings is 1. The zero-order valence-corrected chi connectivity index (χ0v) is 11.1. The summed E-state index contributed by atoms with van der Waals surface area (Å²) in [5, 5.41) is 3.45. The van der Waals surface area contributed by atoms with Crippen molar-refractivity contribution in [1.29, 1.82) is 0 Å². The Morgan fingerprint density at radius 1 is 1.35 bits per heavy atom. The molecule has 1 aromatic carbocycles. The van der Waals surface area contributed by atoms with E-state index in [0.29, 0.717) is 5.92 Å². The van der Waals surface area contributed by atoms with Crippen LogP contribution in [0.3, 0.4) is 0 Å². The number of rotatable bonds is 4. The van der Waals surface area contributed by atoms with Crippen LogP contribution in [0.25, 0.3) is 0 Å². The van der Waals surface area contributed by atoms with Crippen LogP contribution < -0.4 is 0 Å². The molecule has 1 unspecified atom stereocenters. The molecule has 1 nitrogen and oxygen atoms in total. The lowest BCUT2D eigenvalue weighted by molar-refractivity contribution is 0.697. The van der Waals surface area contributed by atoms with Crippen molar-refractivity contribution in [1.82, 2.24) is 4.98 Å². The molecule has 88 valence electrons. The van der Waals surface area contributed by atoms with Gasteiger partial charge >= 0.3 is 0 Å². The smallest absolute Gasteiger partial charge is 0.101 e. The number of hydrogen-bond donors (Lipinski definition) is 0. The van der Waals surface area contributed by atoms with Gasteiger partial charge in [-0.25, -0.2) is 4.98 Å². The Labute approximate surface area is 110 Å². The molecule has 1 aliphatic carbocycles. The molecule has 0 bridgehead atoms. The van der Waals surface area contributed by atoms with Crippen molar-refractivity contribution in [3.8, 4) is 0 Å². The molecule has 0 saturated heterocycles.